The molecule has 28 heavy (non-hydrogen) atoms. The van der Waals surface area contributed by atoms with Gasteiger partial charge in [0, 0.05) is 50.6 Å². The Morgan fingerprint density at radius 1 is 1.18 bits per heavy atom. The lowest BCUT2D eigenvalue weighted by atomic mass is 10.1. The van der Waals surface area contributed by atoms with Crippen LogP contribution in [0.15, 0.2) is 46.8 Å². The third-order valence-corrected chi connectivity index (χ3v) is 6.38. The van der Waals surface area contributed by atoms with Crippen molar-refractivity contribution >= 4 is 17.3 Å². The monoisotopic (exact) mass is 400 g/mol. The number of hydrogen-bond acceptors (Lipinski definition) is 4. The van der Waals surface area contributed by atoms with Crippen molar-refractivity contribution in [3.8, 4) is 0 Å². The van der Waals surface area contributed by atoms with Crippen LogP contribution in [0.3, 0.4) is 0 Å². The van der Waals surface area contributed by atoms with Gasteiger partial charge in [0.15, 0.2) is 5.96 Å². The predicted molar refractivity (Wildman–Crippen MR) is 118 cm³/mol. The van der Waals surface area contributed by atoms with E-state index in [4.69, 9.17) is 0 Å². The number of piperidine rings is 1. The maximum atomic E-state index is 9.62. The Hall–Kier alpha value is -1.89. The minimum Gasteiger partial charge on any atom is -0.393 e. The van der Waals surface area contributed by atoms with E-state index in [1.165, 1.54) is 16.0 Å². The number of aliphatic hydroxyl groups excluding tert-OH is 1. The number of rotatable bonds is 7. The van der Waals surface area contributed by atoms with Gasteiger partial charge in [0.25, 0.3) is 0 Å². The fourth-order valence-corrected chi connectivity index (χ4v) is 4.21. The van der Waals surface area contributed by atoms with Crippen LogP contribution in [0.4, 0.5) is 0 Å². The summed E-state index contributed by atoms with van der Waals surface area (Å²) in [5, 5.41) is 18.6. The zero-order valence-corrected chi connectivity index (χ0v) is 17.7. The topological polar surface area (TPSA) is 59.9 Å². The summed E-state index contributed by atoms with van der Waals surface area (Å²) in [6.45, 7) is 6.78. The average Bonchev–Trinajstić information content (AvgIpc) is 3.26. The fourth-order valence-electron chi connectivity index (χ4n) is 3.43. The van der Waals surface area contributed by atoms with Crippen molar-refractivity contribution in [3.05, 3.63) is 57.8 Å². The van der Waals surface area contributed by atoms with Crippen molar-refractivity contribution in [3.63, 3.8) is 0 Å². The molecule has 1 aliphatic rings. The van der Waals surface area contributed by atoms with Gasteiger partial charge < -0.3 is 15.7 Å². The molecule has 3 rings (SSSR count). The van der Waals surface area contributed by atoms with Crippen molar-refractivity contribution in [2.45, 2.75) is 44.9 Å². The van der Waals surface area contributed by atoms with Gasteiger partial charge in [0.05, 0.1) is 6.10 Å². The molecule has 0 aliphatic carbocycles. The molecule has 0 bridgehead atoms. The third-order valence-electron chi connectivity index (χ3n) is 5.27. The molecule has 1 aromatic carbocycles. The fraction of sp³-hybridized carbons (Fsp3) is 0.500. The highest BCUT2D eigenvalue weighted by atomic mass is 32.1. The molecule has 5 nitrogen and oxygen atoms in total. The normalized spacial score (nSPS) is 17.5. The van der Waals surface area contributed by atoms with E-state index in [0.29, 0.717) is 5.92 Å². The molecular formula is C22H32N4OS. The average molecular weight is 401 g/mol. The van der Waals surface area contributed by atoms with Gasteiger partial charge in [0.1, 0.15) is 0 Å². The van der Waals surface area contributed by atoms with Crippen LogP contribution in [0.25, 0.3) is 0 Å². The molecule has 1 atom stereocenters. The molecule has 2 aromatic rings. The third kappa shape index (κ3) is 6.33. The van der Waals surface area contributed by atoms with Crippen molar-refractivity contribution in [2.24, 2.45) is 4.99 Å². The van der Waals surface area contributed by atoms with Gasteiger partial charge in [0.2, 0.25) is 0 Å². The Bertz CT molecular complexity index is 722. The van der Waals surface area contributed by atoms with Crippen LogP contribution in [0.1, 0.15) is 41.7 Å². The smallest absolute Gasteiger partial charge is 0.191 e. The van der Waals surface area contributed by atoms with E-state index in [1.54, 1.807) is 11.3 Å². The molecule has 0 radical (unpaired) electrons. The van der Waals surface area contributed by atoms with Crippen LogP contribution in [0.2, 0.25) is 0 Å². The highest BCUT2D eigenvalue weighted by molar-refractivity contribution is 7.10. The lowest BCUT2D eigenvalue weighted by Crippen LogP contribution is -2.38. The number of thiophene rings is 1. The first-order chi connectivity index (χ1) is 13.6. The number of aliphatic hydroxyl groups is 1. The summed E-state index contributed by atoms with van der Waals surface area (Å²) in [6.07, 6.45) is 1.67. The van der Waals surface area contributed by atoms with E-state index in [9.17, 15) is 5.11 Å². The van der Waals surface area contributed by atoms with Gasteiger partial charge in [-0.2, -0.15) is 0 Å². The molecule has 1 fully saturated rings. The molecule has 0 saturated carbocycles. The highest BCUT2D eigenvalue weighted by Gasteiger charge is 2.16. The molecule has 2 heterocycles. The van der Waals surface area contributed by atoms with Gasteiger partial charge in [-0.15, -0.1) is 11.3 Å². The zero-order valence-electron chi connectivity index (χ0n) is 16.9. The van der Waals surface area contributed by atoms with Crippen LogP contribution in [-0.4, -0.2) is 48.8 Å². The molecule has 3 N–H and O–H groups in total. The van der Waals surface area contributed by atoms with E-state index in [-0.39, 0.29) is 6.10 Å². The maximum absolute atomic E-state index is 9.62. The summed E-state index contributed by atoms with van der Waals surface area (Å²) >= 11 is 1.80. The van der Waals surface area contributed by atoms with Gasteiger partial charge in [-0.1, -0.05) is 37.3 Å². The Balaban J connectivity index is 1.41. The molecule has 0 amide bonds. The second kappa shape index (κ2) is 10.6. The van der Waals surface area contributed by atoms with E-state index < -0.39 is 0 Å². The molecule has 1 aromatic heterocycles. The van der Waals surface area contributed by atoms with Crippen LogP contribution in [0, 0.1) is 0 Å². The van der Waals surface area contributed by atoms with Crippen LogP contribution in [-0.2, 0) is 13.1 Å². The summed E-state index contributed by atoms with van der Waals surface area (Å²) < 4.78 is 0. The number of likely N-dealkylation sites (tertiary alicyclic amines) is 1. The molecule has 152 valence electrons. The van der Waals surface area contributed by atoms with Gasteiger partial charge in [-0.3, -0.25) is 9.89 Å². The van der Waals surface area contributed by atoms with E-state index in [1.807, 2.05) is 7.05 Å². The molecule has 0 spiro atoms. The van der Waals surface area contributed by atoms with Gasteiger partial charge in [-0.25, -0.2) is 0 Å². The first-order valence-electron chi connectivity index (χ1n) is 10.1. The number of benzene rings is 1. The van der Waals surface area contributed by atoms with Gasteiger partial charge in [-0.05, 0) is 35.4 Å². The number of guanidine groups is 1. The van der Waals surface area contributed by atoms with Gasteiger partial charge >= 0.3 is 0 Å². The Morgan fingerprint density at radius 2 is 1.89 bits per heavy atom. The van der Waals surface area contributed by atoms with E-state index in [2.05, 4.69) is 69.2 Å². The minimum atomic E-state index is -0.110. The lowest BCUT2D eigenvalue weighted by molar-refractivity contribution is 0.0792. The van der Waals surface area contributed by atoms with E-state index >= 15 is 0 Å². The largest absolute Gasteiger partial charge is 0.393 e. The minimum absolute atomic E-state index is 0.110. The second-order valence-corrected chi connectivity index (χ2v) is 8.53. The standard InChI is InChI=1S/C22H32N4OS/c1-17(21-4-3-13-28-21)14-24-22(23-2)25-15-18-5-7-19(8-6-18)16-26-11-9-20(27)10-12-26/h3-8,13,17,20,27H,9-12,14-16H2,1-2H3,(H2,23,24,25). The first-order valence-corrected chi connectivity index (χ1v) is 11.0. The van der Waals surface area contributed by atoms with Crippen molar-refractivity contribution in [1.82, 2.24) is 15.5 Å². The number of aliphatic imine (C=N–C) groups is 1. The van der Waals surface area contributed by atoms with Crippen molar-refractivity contribution in [1.29, 1.82) is 0 Å². The van der Waals surface area contributed by atoms with Crippen LogP contribution in [0.5, 0.6) is 0 Å². The van der Waals surface area contributed by atoms with Crippen molar-refractivity contribution < 1.29 is 5.11 Å². The summed E-state index contributed by atoms with van der Waals surface area (Å²) in [5.74, 6) is 1.30. The lowest BCUT2D eigenvalue weighted by Gasteiger charge is -2.29. The summed E-state index contributed by atoms with van der Waals surface area (Å²) in [7, 11) is 1.81. The molecular weight excluding hydrogens is 368 g/mol. The Kier molecular flexibility index (Phi) is 7.89. The number of nitrogens with one attached hydrogen (secondary N) is 2. The maximum Gasteiger partial charge on any atom is 0.191 e. The summed E-state index contributed by atoms with van der Waals surface area (Å²) in [4.78, 5) is 8.14. The zero-order chi connectivity index (χ0) is 19.8. The Morgan fingerprint density at radius 3 is 2.54 bits per heavy atom. The van der Waals surface area contributed by atoms with Crippen LogP contribution < -0.4 is 10.6 Å². The van der Waals surface area contributed by atoms with E-state index in [0.717, 1.165) is 51.5 Å². The molecule has 1 saturated heterocycles. The number of nitrogens with zero attached hydrogens (tertiary/aromatic N) is 2. The van der Waals surface area contributed by atoms with Crippen LogP contribution >= 0.6 is 11.3 Å². The Labute approximate surface area is 172 Å². The first kappa shape index (κ1) is 20.8. The molecule has 6 heteroatoms. The summed E-state index contributed by atoms with van der Waals surface area (Å²) in [5.41, 5.74) is 2.57. The quantitative estimate of drug-likeness (QED) is 0.494. The summed E-state index contributed by atoms with van der Waals surface area (Å²) in [6, 6.07) is 13.1. The predicted octanol–water partition coefficient (Wildman–Crippen LogP) is 3.17. The molecule has 1 aliphatic heterocycles. The SMILES string of the molecule is CN=C(NCc1ccc(CN2CCC(O)CC2)cc1)NCC(C)c1cccs1. The van der Waals surface area contributed by atoms with Crippen molar-refractivity contribution in [2.75, 3.05) is 26.7 Å². The molecule has 1 unspecified atom stereocenters. The second-order valence-electron chi connectivity index (χ2n) is 7.55. The number of hydrogen-bond donors (Lipinski definition) is 3. The highest BCUT2D eigenvalue weighted by Crippen LogP contribution is 2.19.